The van der Waals surface area contributed by atoms with Gasteiger partial charge >= 0.3 is 0 Å². The smallest absolute Gasteiger partial charge is 0.137 e. The van der Waals surface area contributed by atoms with Gasteiger partial charge in [0.2, 0.25) is 0 Å². The first kappa shape index (κ1) is 14.1. The highest BCUT2D eigenvalue weighted by atomic mass is 15.3. The quantitative estimate of drug-likeness (QED) is 0.895. The van der Waals surface area contributed by atoms with Crippen molar-refractivity contribution in [3.63, 3.8) is 0 Å². The second-order valence-corrected chi connectivity index (χ2v) is 5.15. The molecule has 1 aliphatic rings. The Morgan fingerprint density at radius 3 is 2.37 bits per heavy atom. The van der Waals surface area contributed by atoms with Crippen LogP contribution in [0.5, 0.6) is 0 Å². The van der Waals surface area contributed by atoms with Crippen LogP contribution in [0, 0.1) is 13.8 Å². The fourth-order valence-corrected chi connectivity index (χ4v) is 2.66. The highest BCUT2D eigenvalue weighted by Crippen LogP contribution is 2.24. The molecule has 0 radical (unpaired) electrons. The van der Waals surface area contributed by atoms with Gasteiger partial charge in [-0.1, -0.05) is 6.92 Å². The molecule has 1 N–H and O–H groups in total. The van der Waals surface area contributed by atoms with Gasteiger partial charge in [0.1, 0.15) is 17.5 Å². The van der Waals surface area contributed by atoms with Gasteiger partial charge in [0, 0.05) is 38.8 Å². The number of nitrogens with one attached hydrogen (secondary N) is 1. The first-order valence-electron chi connectivity index (χ1n) is 7.16. The number of aromatic nitrogens is 2. The minimum atomic E-state index is 0.834. The molecule has 106 valence electrons. The molecule has 0 unspecified atom stereocenters. The van der Waals surface area contributed by atoms with Gasteiger partial charge in [0.15, 0.2) is 0 Å². The first-order chi connectivity index (χ1) is 9.15. The Labute approximate surface area is 116 Å². The molecule has 0 aromatic carbocycles. The van der Waals surface area contributed by atoms with Crippen molar-refractivity contribution in [1.29, 1.82) is 0 Å². The van der Waals surface area contributed by atoms with Crippen molar-refractivity contribution < 1.29 is 0 Å². The van der Waals surface area contributed by atoms with Crippen LogP contribution in [0.3, 0.4) is 0 Å². The highest BCUT2D eigenvalue weighted by molar-refractivity contribution is 5.58. The molecule has 0 aliphatic carbocycles. The molecule has 19 heavy (non-hydrogen) atoms. The minimum Gasteiger partial charge on any atom is -0.373 e. The summed E-state index contributed by atoms with van der Waals surface area (Å²) < 4.78 is 0. The molecule has 1 aliphatic heterocycles. The van der Waals surface area contributed by atoms with E-state index in [1.54, 1.807) is 0 Å². The molecule has 0 saturated carbocycles. The van der Waals surface area contributed by atoms with E-state index in [4.69, 9.17) is 0 Å². The Hall–Kier alpha value is -1.36. The summed E-state index contributed by atoms with van der Waals surface area (Å²) in [7, 11) is 1.91. The molecule has 2 rings (SSSR count). The predicted octanol–water partition coefficient (Wildman–Crippen LogP) is 1.67. The number of nitrogens with zero attached hydrogens (tertiary/aromatic N) is 4. The van der Waals surface area contributed by atoms with Crippen LogP contribution in [0.1, 0.15) is 24.7 Å². The SMILES string of the molecule is CCCN1CCN(c2nc(C)nc(NC)c2C)CC1. The van der Waals surface area contributed by atoms with Crippen LogP contribution < -0.4 is 10.2 Å². The number of hydrogen-bond acceptors (Lipinski definition) is 5. The monoisotopic (exact) mass is 263 g/mol. The molecule has 5 heteroatoms. The molecular weight excluding hydrogens is 238 g/mol. The van der Waals surface area contributed by atoms with Crippen molar-refractivity contribution in [3.05, 3.63) is 11.4 Å². The fraction of sp³-hybridized carbons (Fsp3) is 0.714. The van der Waals surface area contributed by atoms with E-state index >= 15 is 0 Å². The van der Waals surface area contributed by atoms with E-state index in [1.165, 1.54) is 13.0 Å². The van der Waals surface area contributed by atoms with Crippen molar-refractivity contribution in [2.75, 3.05) is 50.0 Å². The van der Waals surface area contributed by atoms with Crippen LogP contribution in [0.4, 0.5) is 11.6 Å². The van der Waals surface area contributed by atoms with Crippen molar-refractivity contribution in [1.82, 2.24) is 14.9 Å². The summed E-state index contributed by atoms with van der Waals surface area (Å²) in [5.74, 6) is 2.87. The summed E-state index contributed by atoms with van der Waals surface area (Å²) in [6, 6.07) is 0. The Morgan fingerprint density at radius 1 is 1.11 bits per heavy atom. The van der Waals surface area contributed by atoms with Crippen molar-refractivity contribution >= 4 is 11.6 Å². The third-order valence-electron chi connectivity index (χ3n) is 3.68. The summed E-state index contributed by atoms with van der Waals surface area (Å²) in [6.45, 7) is 11.9. The summed E-state index contributed by atoms with van der Waals surface area (Å²) in [5, 5.41) is 3.16. The molecule has 2 heterocycles. The zero-order valence-electron chi connectivity index (χ0n) is 12.5. The second-order valence-electron chi connectivity index (χ2n) is 5.15. The number of anilines is 2. The van der Waals surface area contributed by atoms with Gasteiger partial charge in [-0.3, -0.25) is 4.90 Å². The van der Waals surface area contributed by atoms with Crippen LogP contribution >= 0.6 is 0 Å². The largest absolute Gasteiger partial charge is 0.373 e. The Kier molecular flexibility index (Phi) is 4.58. The van der Waals surface area contributed by atoms with Gasteiger partial charge in [-0.15, -0.1) is 0 Å². The van der Waals surface area contributed by atoms with Crippen LogP contribution in [0.15, 0.2) is 0 Å². The molecule has 1 saturated heterocycles. The molecule has 0 spiro atoms. The molecule has 0 bridgehead atoms. The van der Waals surface area contributed by atoms with Crippen molar-refractivity contribution in [2.45, 2.75) is 27.2 Å². The van der Waals surface area contributed by atoms with Crippen LogP contribution in [0.2, 0.25) is 0 Å². The standard InChI is InChI=1S/C14H25N5/c1-5-6-18-7-9-19(10-8-18)14-11(2)13(15-4)16-12(3)17-14/h5-10H2,1-4H3,(H,15,16,17). The summed E-state index contributed by atoms with van der Waals surface area (Å²) in [4.78, 5) is 14.0. The lowest BCUT2D eigenvalue weighted by Gasteiger charge is -2.36. The second kappa shape index (κ2) is 6.19. The van der Waals surface area contributed by atoms with Gasteiger partial charge in [-0.2, -0.15) is 0 Å². The van der Waals surface area contributed by atoms with E-state index in [-0.39, 0.29) is 0 Å². The molecule has 5 nitrogen and oxygen atoms in total. The summed E-state index contributed by atoms with van der Waals surface area (Å²) in [5.41, 5.74) is 1.15. The van der Waals surface area contributed by atoms with E-state index in [0.29, 0.717) is 0 Å². The first-order valence-corrected chi connectivity index (χ1v) is 7.16. The van der Waals surface area contributed by atoms with Gasteiger partial charge in [0.05, 0.1) is 0 Å². The minimum absolute atomic E-state index is 0.834. The van der Waals surface area contributed by atoms with Crippen LogP contribution in [-0.2, 0) is 0 Å². The maximum Gasteiger partial charge on any atom is 0.137 e. The Balaban J connectivity index is 2.13. The van der Waals surface area contributed by atoms with Gasteiger partial charge in [-0.05, 0) is 26.8 Å². The van der Waals surface area contributed by atoms with Gasteiger partial charge < -0.3 is 10.2 Å². The molecule has 1 aromatic heterocycles. The lowest BCUT2D eigenvalue weighted by Crippen LogP contribution is -2.47. The third kappa shape index (κ3) is 3.15. The van der Waals surface area contributed by atoms with Gasteiger partial charge in [-0.25, -0.2) is 9.97 Å². The van der Waals surface area contributed by atoms with Crippen LogP contribution in [-0.4, -0.2) is 54.6 Å². The fourth-order valence-electron chi connectivity index (χ4n) is 2.66. The number of rotatable bonds is 4. The number of piperazine rings is 1. The average molecular weight is 263 g/mol. The molecule has 0 amide bonds. The average Bonchev–Trinajstić information content (AvgIpc) is 2.42. The number of aryl methyl sites for hydroxylation is 1. The normalized spacial score (nSPS) is 16.7. The van der Waals surface area contributed by atoms with E-state index in [0.717, 1.165) is 49.2 Å². The topological polar surface area (TPSA) is 44.3 Å². The maximum absolute atomic E-state index is 4.63. The van der Waals surface area contributed by atoms with E-state index < -0.39 is 0 Å². The molecule has 1 aromatic rings. The summed E-state index contributed by atoms with van der Waals surface area (Å²) >= 11 is 0. The predicted molar refractivity (Wildman–Crippen MR) is 80.0 cm³/mol. The van der Waals surface area contributed by atoms with Crippen molar-refractivity contribution in [3.8, 4) is 0 Å². The van der Waals surface area contributed by atoms with Crippen molar-refractivity contribution in [2.24, 2.45) is 0 Å². The van der Waals surface area contributed by atoms with Crippen LogP contribution in [0.25, 0.3) is 0 Å². The lowest BCUT2D eigenvalue weighted by atomic mass is 10.2. The zero-order valence-corrected chi connectivity index (χ0v) is 12.5. The third-order valence-corrected chi connectivity index (χ3v) is 3.68. The van der Waals surface area contributed by atoms with Gasteiger partial charge in [0.25, 0.3) is 0 Å². The zero-order chi connectivity index (χ0) is 13.8. The maximum atomic E-state index is 4.63. The Bertz CT molecular complexity index is 424. The highest BCUT2D eigenvalue weighted by Gasteiger charge is 2.20. The molecule has 0 atom stereocenters. The Morgan fingerprint density at radius 2 is 1.79 bits per heavy atom. The summed E-state index contributed by atoms with van der Waals surface area (Å²) in [6.07, 6.45) is 1.23. The molecular formula is C14H25N5. The van der Waals surface area contributed by atoms with E-state index in [1.807, 2.05) is 14.0 Å². The lowest BCUT2D eigenvalue weighted by molar-refractivity contribution is 0.258. The van der Waals surface area contributed by atoms with E-state index in [2.05, 4.69) is 38.9 Å². The van der Waals surface area contributed by atoms with E-state index in [9.17, 15) is 0 Å². The number of hydrogen-bond donors (Lipinski definition) is 1. The molecule has 1 fully saturated rings.